The zero-order valence-corrected chi connectivity index (χ0v) is 20.9. The van der Waals surface area contributed by atoms with Gasteiger partial charge in [0.25, 0.3) is 0 Å². The zero-order valence-electron chi connectivity index (χ0n) is 20.0. The van der Waals surface area contributed by atoms with Crippen molar-refractivity contribution in [3.8, 4) is 0 Å². The van der Waals surface area contributed by atoms with Crippen molar-refractivity contribution < 1.29 is 4.74 Å². The summed E-state index contributed by atoms with van der Waals surface area (Å²) in [6.07, 6.45) is 6.38. The minimum Gasteiger partial charge on any atom is -0.376 e. The highest BCUT2D eigenvalue weighted by Crippen LogP contribution is 2.36. The third-order valence-electron chi connectivity index (χ3n) is 6.99. The topological polar surface area (TPSA) is 24.8 Å². The van der Waals surface area contributed by atoms with Crippen molar-refractivity contribution in [2.45, 2.75) is 51.2 Å². The van der Waals surface area contributed by atoms with Crippen LogP contribution in [-0.4, -0.2) is 36.5 Å². The predicted octanol–water partition coefficient (Wildman–Crippen LogP) is 5.45. The lowest BCUT2D eigenvalue weighted by Gasteiger charge is -2.40. The first-order valence-corrected chi connectivity index (χ1v) is 13.4. The van der Waals surface area contributed by atoms with E-state index in [0.29, 0.717) is 6.04 Å². The van der Waals surface area contributed by atoms with Crippen LogP contribution in [0.1, 0.15) is 45.1 Å². The summed E-state index contributed by atoms with van der Waals surface area (Å²) in [7, 11) is 1.19. The van der Waals surface area contributed by atoms with Gasteiger partial charge in [0.05, 0.1) is 17.9 Å². The second-order valence-corrected chi connectivity index (χ2v) is 10.8. The summed E-state index contributed by atoms with van der Waals surface area (Å²) >= 11 is 0. The van der Waals surface area contributed by atoms with Gasteiger partial charge >= 0.3 is 0 Å². The number of hydrogen-bond acceptors (Lipinski definition) is 3. The van der Waals surface area contributed by atoms with E-state index in [9.17, 15) is 0 Å². The molecule has 0 bridgehead atoms. The Morgan fingerprint density at radius 1 is 0.909 bits per heavy atom. The SMILES string of the molecule is CCC(CC)(OC)C1CCCN1/N=C/c1ccccc1P(c1ccccc1)c1ccccc1. The lowest BCUT2D eigenvalue weighted by Crippen LogP contribution is -2.48. The molecule has 33 heavy (non-hydrogen) atoms. The first-order chi connectivity index (χ1) is 16.2. The Kier molecular flexibility index (Phi) is 7.96. The fraction of sp³-hybridized carbons (Fsp3) is 0.345. The van der Waals surface area contributed by atoms with Crippen molar-refractivity contribution >= 4 is 30.0 Å². The lowest BCUT2D eigenvalue weighted by atomic mass is 9.87. The maximum Gasteiger partial charge on any atom is 0.0892 e. The van der Waals surface area contributed by atoms with Gasteiger partial charge < -0.3 is 4.74 Å². The molecule has 1 aliphatic heterocycles. The summed E-state index contributed by atoms with van der Waals surface area (Å²) in [5, 5.41) is 11.4. The quantitative estimate of drug-likeness (QED) is 0.315. The van der Waals surface area contributed by atoms with Crippen LogP contribution >= 0.6 is 7.92 Å². The molecule has 4 rings (SSSR count). The van der Waals surface area contributed by atoms with Crippen molar-refractivity contribution in [1.82, 2.24) is 5.01 Å². The molecule has 4 heteroatoms. The van der Waals surface area contributed by atoms with E-state index in [1.54, 1.807) is 0 Å². The van der Waals surface area contributed by atoms with Crippen molar-refractivity contribution in [3.63, 3.8) is 0 Å². The molecule has 0 spiro atoms. The van der Waals surface area contributed by atoms with Gasteiger partial charge in [0.15, 0.2) is 0 Å². The van der Waals surface area contributed by atoms with Gasteiger partial charge in [-0.2, -0.15) is 5.10 Å². The molecular weight excluding hydrogens is 423 g/mol. The van der Waals surface area contributed by atoms with Crippen molar-refractivity contribution in [2.75, 3.05) is 13.7 Å². The highest BCUT2D eigenvalue weighted by molar-refractivity contribution is 7.80. The molecule has 1 unspecified atom stereocenters. The Morgan fingerprint density at radius 3 is 2.06 bits per heavy atom. The van der Waals surface area contributed by atoms with Crippen LogP contribution in [0.15, 0.2) is 90.0 Å². The van der Waals surface area contributed by atoms with E-state index in [1.165, 1.54) is 21.5 Å². The van der Waals surface area contributed by atoms with Gasteiger partial charge in [-0.1, -0.05) is 98.8 Å². The second-order valence-electron chi connectivity index (χ2n) is 8.61. The molecule has 0 radical (unpaired) electrons. The monoisotopic (exact) mass is 458 g/mol. The molecule has 3 aromatic carbocycles. The van der Waals surface area contributed by atoms with Crippen LogP contribution in [0.4, 0.5) is 0 Å². The standard InChI is InChI=1S/C29H35N2OP/c1-4-29(5-2,32-3)28-21-14-22-31(28)30-23-24-15-12-13-20-27(24)33(25-16-8-6-9-17-25)26-18-10-7-11-19-26/h6-13,15-20,23,28H,4-5,14,21-22H2,1-3H3/b30-23+. The number of hydrazone groups is 1. The van der Waals surface area contributed by atoms with Crippen molar-refractivity contribution in [3.05, 3.63) is 90.5 Å². The molecule has 0 aromatic heterocycles. The molecule has 0 amide bonds. The largest absolute Gasteiger partial charge is 0.376 e. The average Bonchev–Trinajstić information content (AvgIpc) is 3.36. The molecule has 3 nitrogen and oxygen atoms in total. The van der Waals surface area contributed by atoms with Gasteiger partial charge in [-0.25, -0.2) is 0 Å². The highest BCUT2D eigenvalue weighted by atomic mass is 31.1. The summed E-state index contributed by atoms with van der Waals surface area (Å²) in [5.74, 6) is 0. The van der Waals surface area contributed by atoms with E-state index in [0.717, 1.165) is 32.2 Å². The minimum atomic E-state index is -0.668. The van der Waals surface area contributed by atoms with E-state index in [2.05, 4.69) is 110 Å². The summed E-state index contributed by atoms with van der Waals surface area (Å²) in [5.41, 5.74) is 1.06. The Morgan fingerprint density at radius 2 is 1.48 bits per heavy atom. The number of rotatable bonds is 9. The van der Waals surface area contributed by atoms with Gasteiger partial charge in [-0.3, -0.25) is 5.01 Å². The van der Waals surface area contributed by atoms with Crippen LogP contribution in [0, 0.1) is 0 Å². The predicted molar refractivity (Wildman–Crippen MR) is 143 cm³/mol. The summed E-state index contributed by atoms with van der Waals surface area (Å²) in [4.78, 5) is 0. The maximum absolute atomic E-state index is 6.07. The van der Waals surface area contributed by atoms with Crippen LogP contribution in [-0.2, 0) is 4.74 Å². The fourth-order valence-electron chi connectivity index (χ4n) is 5.09. The van der Waals surface area contributed by atoms with Crippen LogP contribution < -0.4 is 15.9 Å². The zero-order chi connectivity index (χ0) is 23.1. The summed E-state index contributed by atoms with van der Waals surface area (Å²) in [6, 6.07) is 30.8. The third kappa shape index (κ3) is 5.05. The van der Waals surface area contributed by atoms with Crippen LogP contribution in [0.25, 0.3) is 0 Å². The van der Waals surface area contributed by atoms with Gasteiger partial charge in [0.2, 0.25) is 0 Å². The van der Waals surface area contributed by atoms with Gasteiger partial charge in [0.1, 0.15) is 0 Å². The van der Waals surface area contributed by atoms with E-state index < -0.39 is 7.92 Å². The molecule has 0 saturated carbocycles. The molecule has 0 N–H and O–H groups in total. The van der Waals surface area contributed by atoms with E-state index in [1.807, 2.05) is 7.11 Å². The third-order valence-corrected chi connectivity index (χ3v) is 9.51. The maximum atomic E-state index is 6.07. The Hall–Kier alpha value is -2.48. The van der Waals surface area contributed by atoms with Crippen LogP contribution in [0.3, 0.4) is 0 Å². The Labute approximate surface area is 200 Å². The number of methoxy groups -OCH3 is 1. The number of ether oxygens (including phenoxy) is 1. The number of hydrogen-bond donors (Lipinski definition) is 0. The van der Waals surface area contributed by atoms with Gasteiger partial charge in [0, 0.05) is 19.2 Å². The molecule has 1 aliphatic rings. The minimum absolute atomic E-state index is 0.131. The molecule has 172 valence electrons. The average molecular weight is 459 g/mol. The Balaban J connectivity index is 1.70. The van der Waals surface area contributed by atoms with E-state index in [4.69, 9.17) is 9.84 Å². The van der Waals surface area contributed by atoms with Crippen LogP contribution in [0.2, 0.25) is 0 Å². The molecule has 1 saturated heterocycles. The molecule has 0 aliphatic carbocycles. The van der Waals surface area contributed by atoms with Gasteiger partial charge in [-0.05, 0) is 49.5 Å². The van der Waals surface area contributed by atoms with Crippen LogP contribution in [0.5, 0.6) is 0 Å². The molecular formula is C29H35N2OP. The second kappa shape index (κ2) is 11.1. The Bertz CT molecular complexity index is 986. The van der Waals surface area contributed by atoms with E-state index in [-0.39, 0.29) is 5.60 Å². The van der Waals surface area contributed by atoms with Crippen molar-refractivity contribution in [2.24, 2.45) is 5.10 Å². The smallest absolute Gasteiger partial charge is 0.0892 e. The first kappa shape index (κ1) is 23.7. The first-order valence-electron chi connectivity index (χ1n) is 12.1. The lowest BCUT2D eigenvalue weighted by molar-refractivity contribution is -0.0730. The normalized spacial score (nSPS) is 16.7. The van der Waals surface area contributed by atoms with E-state index >= 15 is 0 Å². The molecule has 1 atom stereocenters. The molecule has 3 aromatic rings. The van der Waals surface area contributed by atoms with Gasteiger partial charge in [-0.15, -0.1) is 0 Å². The number of nitrogens with zero attached hydrogens (tertiary/aromatic N) is 2. The molecule has 1 heterocycles. The number of benzene rings is 3. The molecule has 1 fully saturated rings. The highest BCUT2D eigenvalue weighted by Gasteiger charge is 2.41. The fourth-order valence-corrected chi connectivity index (χ4v) is 7.51. The van der Waals surface area contributed by atoms with Crippen molar-refractivity contribution in [1.29, 1.82) is 0 Å². The summed E-state index contributed by atoms with van der Waals surface area (Å²) in [6.45, 7) is 5.45. The summed E-state index contributed by atoms with van der Waals surface area (Å²) < 4.78 is 6.07.